The molecule has 2 heterocycles. The lowest BCUT2D eigenvalue weighted by atomic mass is 10.1. The highest BCUT2D eigenvalue weighted by Gasteiger charge is 2.05. The molecule has 0 amide bonds. The molecule has 0 aliphatic rings. The van der Waals surface area contributed by atoms with Gasteiger partial charge in [-0.3, -0.25) is 0 Å². The molecule has 0 aromatic carbocycles. The van der Waals surface area contributed by atoms with Crippen LogP contribution in [0.3, 0.4) is 0 Å². The van der Waals surface area contributed by atoms with Crippen molar-refractivity contribution in [1.82, 2.24) is 9.97 Å². The van der Waals surface area contributed by atoms with Gasteiger partial charge in [0, 0.05) is 11.6 Å². The number of nitrogen functional groups attached to an aromatic ring is 1. The summed E-state index contributed by atoms with van der Waals surface area (Å²) in [5, 5.41) is 1.03. The van der Waals surface area contributed by atoms with Crippen LogP contribution in [0.4, 0.5) is 5.69 Å². The maximum Gasteiger partial charge on any atom is 0.159 e. The molecule has 66 valence electrons. The first kappa shape index (κ1) is 7.98. The van der Waals surface area contributed by atoms with Gasteiger partial charge in [-0.15, -0.1) is 0 Å². The minimum Gasteiger partial charge on any atom is -0.397 e. The molecule has 0 unspecified atom stereocenters. The van der Waals surface area contributed by atoms with E-state index in [0.29, 0.717) is 0 Å². The van der Waals surface area contributed by atoms with Crippen LogP contribution in [0.25, 0.3) is 11.0 Å². The molecule has 2 rings (SSSR count). The van der Waals surface area contributed by atoms with Crippen molar-refractivity contribution in [1.29, 1.82) is 0 Å². The second-order valence-electron chi connectivity index (χ2n) is 3.11. The molecule has 3 heteroatoms. The smallest absolute Gasteiger partial charge is 0.159 e. The van der Waals surface area contributed by atoms with Gasteiger partial charge in [-0.25, -0.2) is 9.97 Å². The molecular formula is C10H11N3. The molecule has 0 fully saturated rings. The predicted octanol–water partition coefficient (Wildman–Crippen LogP) is 1.83. The van der Waals surface area contributed by atoms with Gasteiger partial charge < -0.3 is 5.73 Å². The first-order valence-electron chi connectivity index (χ1n) is 4.17. The Balaban J connectivity index is 2.94. The van der Waals surface area contributed by atoms with Crippen molar-refractivity contribution in [2.45, 2.75) is 13.8 Å². The van der Waals surface area contributed by atoms with E-state index in [9.17, 15) is 0 Å². The lowest BCUT2D eigenvalue weighted by Gasteiger charge is -2.06. The van der Waals surface area contributed by atoms with Crippen LogP contribution in [0.2, 0.25) is 0 Å². The third-order valence-electron chi connectivity index (χ3n) is 2.26. The van der Waals surface area contributed by atoms with E-state index >= 15 is 0 Å². The summed E-state index contributed by atoms with van der Waals surface area (Å²) in [6, 6.07) is 3.88. The summed E-state index contributed by atoms with van der Waals surface area (Å²) in [6.07, 6.45) is 1.74. The second-order valence-corrected chi connectivity index (χ2v) is 3.11. The van der Waals surface area contributed by atoms with E-state index in [-0.39, 0.29) is 0 Å². The number of hydrogen-bond acceptors (Lipinski definition) is 3. The van der Waals surface area contributed by atoms with Crippen LogP contribution < -0.4 is 5.73 Å². The highest BCUT2D eigenvalue weighted by atomic mass is 14.9. The summed E-state index contributed by atoms with van der Waals surface area (Å²) in [5.41, 5.74) is 9.31. The minimum atomic E-state index is 0.764. The zero-order valence-electron chi connectivity index (χ0n) is 7.70. The Morgan fingerprint density at radius 3 is 2.85 bits per heavy atom. The van der Waals surface area contributed by atoms with Crippen LogP contribution in [0.1, 0.15) is 11.3 Å². The quantitative estimate of drug-likeness (QED) is 0.661. The fourth-order valence-corrected chi connectivity index (χ4v) is 1.41. The molecule has 0 spiro atoms. The zero-order valence-corrected chi connectivity index (χ0v) is 7.70. The monoisotopic (exact) mass is 173 g/mol. The van der Waals surface area contributed by atoms with Gasteiger partial charge in [-0.2, -0.15) is 0 Å². The second kappa shape index (κ2) is 2.69. The summed E-state index contributed by atoms with van der Waals surface area (Å²) >= 11 is 0. The van der Waals surface area contributed by atoms with Gasteiger partial charge in [0.1, 0.15) is 0 Å². The summed E-state index contributed by atoms with van der Waals surface area (Å²) in [7, 11) is 0. The highest BCUT2D eigenvalue weighted by molar-refractivity contribution is 5.83. The summed E-state index contributed by atoms with van der Waals surface area (Å²) in [5.74, 6) is 0. The number of pyridine rings is 2. The number of anilines is 1. The molecule has 0 bridgehead atoms. The van der Waals surface area contributed by atoms with Crippen molar-refractivity contribution in [2.24, 2.45) is 0 Å². The Bertz CT molecular complexity index is 463. The number of rotatable bonds is 0. The van der Waals surface area contributed by atoms with E-state index in [2.05, 4.69) is 9.97 Å². The summed E-state index contributed by atoms with van der Waals surface area (Å²) in [4.78, 5) is 8.48. The lowest BCUT2D eigenvalue weighted by molar-refractivity contribution is 1.19. The number of aryl methyl sites for hydroxylation is 2. The van der Waals surface area contributed by atoms with Crippen molar-refractivity contribution in [3.8, 4) is 0 Å². The highest BCUT2D eigenvalue weighted by Crippen LogP contribution is 2.22. The average molecular weight is 173 g/mol. The third kappa shape index (κ3) is 1.13. The SMILES string of the molecule is Cc1nc2ncccc2c(C)c1N. The maximum atomic E-state index is 5.86. The number of nitrogens with two attached hydrogens (primary N) is 1. The Morgan fingerprint density at radius 2 is 2.08 bits per heavy atom. The Morgan fingerprint density at radius 1 is 1.31 bits per heavy atom. The number of nitrogens with zero attached hydrogens (tertiary/aromatic N) is 2. The average Bonchev–Trinajstić information content (AvgIpc) is 2.15. The van der Waals surface area contributed by atoms with E-state index in [1.54, 1.807) is 6.20 Å². The van der Waals surface area contributed by atoms with Gasteiger partial charge in [-0.1, -0.05) is 0 Å². The van der Waals surface area contributed by atoms with E-state index < -0.39 is 0 Å². The third-order valence-corrected chi connectivity index (χ3v) is 2.26. The molecular weight excluding hydrogens is 162 g/mol. The molecule has 0 atom stereocenters. The normalized spacial score (nSPS) is 10.6. The van der Waals surface area contributed by atoms with Crippen molar-refractivity contribution < 1.29 is 0 Å². The van der Waals surface area contributed by atoms with Crippen LogP contribution >= 0.6 is 0 Å². The Hall–Kier alpha value is -1.64. The topological polar surface area (TPSA) is 51.8 Å². The standard InChI is InChI=1S/C10H11N3/c1-6-8-4-3-5-12-10(8)13-7(2)9(6)11/h3-5H,11H2,1-2H3. The van der Waals surface area contributed by atoms with Crippen molar-refractivity contribution in [3.63, 3.8) is 0 Å². The van der Waals surface area contributed by atoms with Crippen LogP contribution in [-0.4, -0.2) is 9.97 Å². The molecule has 0 saturated carbocycles. The van der Waals surface area contributed by atoms with Gasteiger partial charge in [-0.05, 0) is 31.5 Å². The first-order valence-corrected chi connectivity index (χ1v) is 4.17. The Kier molecular flexibility index (Phi) is 1.65. The fraction of sp³-hybridized carbons (Fsp3) is 0.200. The first-order chi connectivity index (χ1) is 6.20. The Labute approximate surface area is 76.6 Å². The van der Waals surface area contributed by atoms with Crippen molar-refractivity contribution >= 4 is 16.7 Å². The van der Waals surface area contributed by atoms with Crippen molar-refractivity contribution in [2.75, 3.05) is 5.73 Å². The van der Waals surface area contributed by atoms with Gasteiger partial charge in [0.15, 0.2) is 5.65 Å². The molecule has 13 heavy (non-hydrogen) atoms. The predicted molar refractivity (Wildman–Crippen MR) is 53.4 cm³/mol. The van der Waals surface area contributed by atoms with E-state index in [4.69, 9.17) is 5.73 Å². The molecule has 0 aliphatic heterocycles. The molecule has 3 nitrogen and oxygen atoms in total. The van der Waals surface area contributed by atoms with E-state index in [0.717, 1.165) is 28.0 Å². The summed E-state index contributed by atoms with van der Waals surface area (Å²) < 4.78 is 0. The number of aromatic nitrogens is 2. The zero-order chi connectivity index (χ0) is 9.42. The van der Waals surface area contributed by atoms with Gasteiger partial charge >= 0.3 is 0 Å². The van der Waals surface area contributed by atoms with Crippen LogP contribution in [0, 0.1) is 13.8 Å². The summed E-state index contributed by atoms with van der Waals surface area (Å²) in [6.45, 7) is 3.89. The number of hydrogen-bond donors (Lipinski definition) is 1. The van der Waals surface area contributed by atoms with Crippen LogP contribution in [0.15, 0.2) is 18.3 Å². The van der Waals surface area contributed by atoms with Crippen LogP contribution in [0.5, 0.6) is 0 Å². The number of fused-ring (bicyclic) bond motifs is 1. The van der Waals surface area contributed by atoms with E-state index in [1.807, 2.05) is 26.0 Å². The molecule has 2 N–H and O–H groups in total. The van der Waals surface area contributed by atoms with Gasteiger partial charge in [0.2, 0.25) is 0 Å². The van der Waals surface area contributed by atoms with Gasteiger partial charge in [0.05, 0.1) is 11.4 Å². The molecule has 0 saturated heterocycles. The molecule has 2 aromatic heterocycles. The largest absolute Gasteiger partial charge is 0.397 e. The molecule has 0 radical (unpaired) electrons. The van der Waals surface area contributed by atoms with E-state index in [1.165, 1.54) is 0 Å². The molecule has 2 aromatic rings. The van der Waals surface area contributed by atoms with Gasteiger partial charge in [0.25, 0.3) is 0 Å². The van der Waals surface area contributed by atoms with Crippen LogP contribution in [-0.2, 0) is 0 Å². The van der Waals surface area contributed by atoms with Crippen molar-refractivity contribution in [3.05, 3.63) is 29.6 Å². The maximum absolute atomic E-state index is 5.86. The fourth-order valence-electron chi connectivity index (χ4n) is 1.41. The molecule has 0 aliphatic carbocycles. The lowest BCUT2D eigenvalue weighted by Crippen LogP contribution is -1.98. The minimum absolute atomic E-state index is 0.764.